The van der Waals surface area contributed by atoms with Crippen LogP contribution in [-0.4, -0.2) is 18.2 Å². The van der Waals surface area contributed by atoms with E-state index in [-0.39, 0.29) is 72.0 Å². The summed E-state index contributed by atoms with van der Waals surface area (Å²) in [6.45, 7) is 6.10. The zero-order valence-corrected chi connectivity index (χ0v) is 21.2. The second kappa shape index (κ2) is 35.7. The topological polar surface area (TPSA) is 104 Å². The molecule has 0 aromatic rings. The molecule has 0 spiro atoms. The van der Waals surface area contributed by atoms with Crippen molar-refractivity contribution in [1.29, 1.82) is 5.41 Å². The van der Waals surface area contributed by atoms with Gasteiger partial charge in [-0.2, -0.15) is 0 Å². The van der Waals surface area contributed by atoms with Crippen LogP contribution in [0, 0.1) is 5.41 Å². The summed E-state index contributed by atoms with van der Waals surface area (Å²) in [5.74, 6) is -2.20. The third kappa shape index (κ3) is 58.9. The van der Waals surface area contributed by atoms with Crippen molar-refractivity contribution in [2.75, 3.05) is 0 Å². The molecule has 0 aliphatic rings. The molecule has 0 heterocycles. The van der Waals surface area contributed by atoms with E-state index in [0.29, 0.717) is 0 Å². The molecule has 5 nitrogen and oxygen atoms in total. The molecular formula is C18H35NNa2O4. The Hall–Kier alpha value is 0.610. The van der Waals surface area contributed by atoms with Crippen LogP contribution in [0.1, 0.15) is 97.8 Å². The summed E-state index contributed by atoms with van der Waals surface area (Å²) in [5, 5.41) is 24.8. The molecule has 0 atom stereocenters. The number of carboxylic acids is 2. The molecule has 0 radical (unpaired) electrons. The first kappa shape index (κ1) is 36.5. The van der Waals surface area contributed by atoms with Gasteiger partial charge in [0.1, 0.15) is 0 Å². The number of hydrogen-bond donors (Lipinski definition) is 1. The number of hydrogen-bond acceptors (Lipinski definition) is 5. The van der Waals surface area contributed by atoms with Crippen molar-refractivity contribution in [3.8, 4) is 0 Å². The number of carboxylic acid groups (broad SMARTS) is 2. The molecule has 0 fully saturated rings. The summed E-state index contributed by atoms with van der Waals surface area (Å²) >= 11 is 0. The van der Waals surface area contributed by atoms with Crippen molar-refractivity contribution in [1.82, 2.24) is 0 Å². The van der Waals surface area contributed by atoms with E-state index in [1.807, 2.05) is 0 Å². The predicted octanol–water partition coefficient (Wildman–Crippen LogP) is -3.14. The Morgan fingerprint density at radius 1 is 0.720 bits per heavy atom. The minimum atomic E-state index is -1.20. The molecule has 0 rings (SSSR count). The average Bonchev–Trinajstić information content (AvgIpc) is 2.51. The Morgan fingerprint density at radius 3 is 1.12 bits per heavy atom. The molecule has 138 valence electrons. The summed E-state index contributed by atoms with van der Waals surface area (Å²) in [6, 6.07) is 0. The summed E-state index contributed by atoms with van der Waals surface area (Å²) in [5.41, 5.74) is 0. The average molecular weight is 375 g/mol. The SMILES string of the molecule is CCC(=O)[O-].CCCCCCCCCCCC.N=CCC(=O)[O-].[Na+].[Na+]. The smallest absolute Gasteiger partial charge is 0.550 e. The number of nitrogens with one attached hydrogen (secondary N) is 1. The molecule has 0 aliphatic carbocycles. The number of carbonyl (C=O) groups is 2. The largest absolute Gasteiger partial charge is 1.00 e. The predicted molar refractivity (Wildman–Crippen MR) is 91.2 cm³/mol. The molecule has 0 bridgehead atoms. The van der Waals surface area contributed by atoms with Crippen LogP contribution in [0.15, 0.2) is 0 Å². The van der Waals surface area contributed by atoms with Crippen molar-refractivity contribution in [2.45, 2.75) is 97.8 Å². The van der Waals surface area contributed by atoms with Crippen LogP contribution in [0.5, 0.6) is 0 Å². The second-order valence-corrected chi connectivity index (χ2v) is 5.33. The van der Waals surface area contributed by atoms with Crippen molar-refractivity contribution < 1.29 is 78.9 Å². The first-order valence-corrected chi connectivity index (χ1v) is 8.84. The van der Waals surface area contributed by atoms with Gasteiger partial charge in [0.25, 0.3) is 0 Å². The normalized spacial score (nSPS) is 8.28. The Bertz CT molecular complexity index is 268. The van der Waals surface area contributed by atoms with Gasteiger partial charge in [-0.1, -0.05) is 85.0 Å². The summed E-state index contributed by atoms with van der Waals surface area (Å²) in [7, 11) is 0. The van der Waals surface area contributed by atoms with E-state index >= 15 is 0 Å². The van der Waals surface area contributed by atoms with Gasteiger partial charge in [0.2, 0.25) is 0 Å². The van der Waals surface area contributed by atoms with Crippen LogP contribution in [0.3, 0.4) is 0 Å². The number of aliphatic carboxylic acids is 2. The summed E-state index contributed by atoms with van der Waals surface area (Å²) < 4.78 is 0. The summed E-state index contributed by atoms with van der Waals surface area (Å²) in [4.78, 5) is 18.6. The van der Waals surface area contributed by atoms with E-state index in [1.54, 1.807) is 0 Å². The van der Waals surface area contributed by atoms with E-state index in [4.69, 9.17) is 5.41 Å². The molecule has 0 aliphatic heterocycles. The molecule has 0 aromatic heterocycles. The van der Waals surface area contributed by atoms with Gasteiger partial charge < -0.3 is 25.2 Å². The zero-order chi connectivity index (χ0) is 18.3. The van der Waals surface area contributed by atoms with E-state index in [9.17, 15) is 19.8 Å². The molecule has 0 unspecified atom stereocenters. The number of carbonyl (C=O) groups excluding carboxylic acids is 2. The van der Waals surface area contributed by atoms with Crippen LogP contribution < -0.4 is 69.3 Å². The maximum atomic E-state index is 9.34. The van der Waals surface area contributed by atoms with Crippen LogP contribution in [0.25, 0.3) is 0 Å². The molecule has 1 N–H and O–H groups in total. The molecule has 0 aromatic carbocycles. The first-order valence-electron chi connectivity index (χ1n) is 8.84. The standard InChI is InChI=1S/C12H26.C3H5NO2.C3H6O2.2Na/c1-3-5-7-9-11-12-10-8-6-4-2;4-2-1-3(5)6;1-2-3(4)5;;/h3-12H2,1-2H3;2,4H,1H2,(H,5,6);2H2,1H3,(H,4,5);;/q;;;2*+1/p-2. The fraction of sp³-hybridized carbons (Fsp3) is 0.833. The molecule has 0 saturated carbocycles. The van der Waals surface area contributed by atoms with Crippen molar-refractivity contribution in [3.63, 3.8) is 0 Å². The van der Waals surface area contributed by atoms with Gasteiger partial charge in [0.15, 0.2) is 0 Å². The quantitative estimate of drug-likeness (QED) is 0.221. The molecular weight excluding hydrogens is 340 g/mol. The zero-order valence-electron chi connectivity index (χ0n) is 17.2. The van der Waals surface area contributed by atoms with Crippen LogP contribution in [0.2, 0.25) is 0 Å². The maximum Gasteiger partial charge on any atom is 1.00 e. The fourth-order valence-corrected chi connectivity index (χ4v) is 1.64. The van der Waals surface area contributed by atoms with Crippen LogP contribution in [0.4, 0.5) is 0 Å². The summed E-state index contributed by atoms with van der Waals surface area (Å²) in [6.07, 6.45) is 15.1. The van der Waals surface area contributed by atoms with Gasteiger partial charge in [-0.05, 0) is 6.42 Å². The van der Waals surface area contributed by atoms with Gasteiger partial charge in [-0.25, -0.2) is 0 Å². The van der Waals surface area contributed by atoms with E-state index in [2.05, 4.69) is 13.8 Å². The Balaban J connectivity index is -0.0000000873. The molecule has 0 amide bonds. The number of rotatable bonds is 12. The van der Waals surface area contributed by atoms with Crippen molar-refractivity contribution in [3.05, 3.63) is 0 Å². The van der Waals surface area contributed by atoms with Gasteiger partial charge in [-0.15, -0.1) is 0 Å². The fourth-order valence-electron chi connectivity index (χ4n) is 1.64. The molecule has 7 heteroatoms. The van der Waals surface area contributed by atoms with Gasteiger partial charge in [0.05, 0.1) is 0 Å². The van der Waals surface area contributed by atoms with Crippen molar-refractivity contribution in [2.24, 2.45) is 0 Å². The second-order valence-electron chi connectivity index (χ2n) is 5.33. The van der Waals surface area contributed by atoms with E-state index < -0.39 is 11.9 Å². The van der Waals surface area contributed by atoms with Crippen LogP contribution in [-0.2, 0) is 9.59 Å². The van der Waals surface area contributed by atoms with Crippen LogP contribution >= 0.6 is 0 Å². The Morgan fingerprint density at radius 2 is 1.00 bits per heavy atom. The first-order chi connectivity index (χ1) is 11.0. The monoisotopic (exact) mass is 375 g/mol. The Kier molecular flexibility index (Phi) is 52.1. The maximum absolute atomic E-state index is 9.34. The van der Waals surface area contributed by atoms with E-state index in [1.165, 1.54) is 71.1 Å². The van der Waals surface area contributed by atoms with E-state index in [0.717, 1.165) is 6.21 Å². The minimum absolute atomic E-state index is 0. The Labute approximate surface area is 198 Å². The van der Waals surface area contributed by atoms with Gasteiger partial charge >= 0.3 is 59.1 Å². The third-order valence-electron chi connectivity index (χ3n) is 3.01. The molecule has 0 saturated heterocycles. The van der Waals surface area contributed by atoms with Gasteiger partial charge in [0, 0.05) is 24.6 Å². The minimum Gasteiger partial charge on any atom is -0.550 e. The van der Waals surface area contributed by atoms with Gasteiger partial charge in [-0.3, -0.25) is 0 Å². The third-order valence-corrected chi connectivity index (χ3v) is 3.01. The number of unbranched alkanes of at least 4 members (excludes halogenated alkanes) is 9. The molecule has 25 heavy (non-hydrogen) atoms. The van der Waals surface area contributed by atoms with Crippen molar-refractivity contribution >= 4 is 18.2 Å².